The molecular weight excluding hydrogens is 254 g/mol. The van der Waals surface area contributed by atoms with Crippen LogP contribution >= 0.6 is 0 Å². The van der Waals surface area contributed by atoms with Gasteiger partial charge in [-0.2, -0.15) is 4.68 Å². The zero-order chi connectivity index (χ0) is 14.5. The van der Waals surface area contributed by atoms with Gasteiger partial charge in [-0.1, -0.05) is 0 Å². The number of carbonyl (C=O) groups is 1. The fraction of sp³-hybridized carbons (Fsp3) is 0.786. The van der Waals surface area contributed by atoms with E-state index in [-0.39, 0.29) is 11.6 Å². The van der Waals surface area contributed by atoms with Crippen molar-refractivity contribution in [2.75, 3.05) is 19.6 Å². The van der Waals surface area contributed by atoms with Gasteiger partial charge in [-0.05, 0) is 40.5 Å². The van der Waals surface area contributed by atoms with Gasteiger partial charge in [-0.3, -0.25) is 4.90 Å². The molecule has 1 aromatic rings. The van der Waals surface area contributed by atoms with E-state index in [1.807, 2.05) is 18.7 Å². The quantitative estimate of drug-likeness (QED) is 0.779. The first-order valence-corrected chi connectivity index (χ1v) is 7.39. The van der Waals surface area contributed by atoms with Crippen molar-refractivity contribution in [1.29, 1.82) is 0 Å². The molecule has 110 valence electrons. The summed E-state index contributed by atoms with van der Waals surface area (Å²) >= 11 is 0. The SMILES string of the molecule is Cc1nc(C)n(C(=O)N2CCC23CCN(C(C)C)C3)n1. The standard InChI is InChI=1S/C14H23N5O/c1-10(2)17-7-5-14(9-17)6-8-18(14)13(20)19-12(4)15-11(3)16-19/h10H,5-9H2,1-4H3. The third-order valence-electron chi connectivity index (χ3n) is 4.75. The largest absolute Gasteiger partial charge is 0.346 e. The number of aryl methyl sites for hydroxylation is 2. The molecule has 0 bridgehead atoms. The van der Waals surface area contributed by atoms with Crippen LogP contribution in [0.3, 0.4) is 0 Å². The maximum atomic E-state index is 12.7. The highest BCUT2D eigenvalue weighted by atomic mass is 16.2. The lowest BCUT2D eigenvalue weighted by Crippen LogP contribution is -2.64. The minimum Gasteiger partial charge on any atom is -0.316 e. The maximum Gasteiger partial charge on any atom is 0.346 e. The summed E-state index contributed by atoms with van der Waals surface area (Å²) in [5.41, 5.74) is 0.0354. The Morgan fingerprint density at radius 2 is 1.95 bits per heavy atom. The van der Waals surface area contributed by atoms with Crippen LogP contribution in [0.2, 0.25) is 0 Å². The fourth-order valence-electron chi connectivity index (χ4n) is 3.41. The highest BCUT2D eigenvalue weighted by Gasteiger charge is 2.52. The molecule has 20 heavy (non-hydrogen) atoms. The predicted octanol–water partition coefficient (Wildman–Crippen LogP) is 1.42. The zero-order valence-electron chi connectivity index (χ0n) is 12.8. The number of carbonyl (C=O) groups excluding carboxylic acids is 1. The Labute approximate surface area is 119 Å². The molecule has 3 rings (SSSR count). The molecule has 0 N–H and O–H groups in total. The van der Waals surface area contributed by atoms with Crippen molar-refractivity contribution in [3.8, 4) is 0 Å². The second-order valence-electron chi connectivity index (χ2n) is 6.34. The molecule has 0 saturated carbocycles. The molecule has 1 amide bonds. The van der Waals surface area contributed by atoms with E-state index in [1.54, 1.807) is 0 Å². The van der Waals surface area contributed by atoms with Gasteiger partial charge in [0.2, 0.25) is 0 Å². The molecule has 0 aromatic carbocycles. The zero-order valence-corrected chi connectivity index (χ0v) is 12.8. The van der Waals surface area contributed by atoms with Crippen LogP contribution < -0.4 is 0 Å². The average Bonchev–Trinajstić information content (AvgIpc) is 2.93. The second-order valence-corrected chi connectivity index (χ2v) is 6.34. The van der Waals surface area contributed by atoms with E-state index in [4.69, 9.17) is 0 Å². The summed E-state index contributed by atoms with van der Waals surface area (Å²) in [4.78, 5) is 21.3. The molecular formula is C14H23N5O. The minimum absolute atomic E-state index is 0.0139. The third kappa shape index (κ3) is 1.93. The number of amides is 1. The average molecular weight is 277 g/mol. The Hall–Kier alpha value is -1.43. The van der Waals surface area contributed by atoms with Crippen molar-refractivity contribution in [1.82, 2.24) is 24.6 Å². The normalized spacial score (nSPS) is 26.6. The molecule has 2 aliphatic heterocycles. The Kier molecular flexibility index (Phi) is 3.08. The molecule has 6 nitrogen and oxygen atoms in total. The highest BCUT2D eigenvalue weighted by molar-refractivity contribution is 5.78. The monoisotopic (exact) mass is 277 g/mol. The molecule has 6 heteroatoms. The van der Waals surface area contributed by atoms with E-state index < -0.39 is 0 Å². The molecule has 1 atom stereocenters. The molecule has 2 fully saturated rings. The summed E-state index contributed by atoms with van der Waals surface area (Å²) in [6.45, 7) is 11.0. The van der Waals surface area contributed by atoms with Gasteiger partial charge < -0.3 is 4.90 Å². The molecule has 3 heterocycles. The van der Waals surface area contributed by atoms with Gasteiger partial charge in [0.05, 0.1) is 5.54 Å². The summed E-state index contributed by atoms with van der Waals surface area (Å²) in [5, 5.41) is 4.22. The van der Waals surface area contributed by atoms with Gasteiger partial charge >= 0.3 is 6.03 Å². The fourth-order valence-corrected chi connectivity index (χ4v) is 3.41. The Morgan fingerprint density at radius 3 is 2.40 bits per heavy atom. The first kappa shape index (κ1) is 13.5. The molecule has 2 aliphatic rings. The Morgan fingerprint density at radius 1 is 1.25 bits per heavy atom. The van der Waals surface area contributed by atoms with Crippen molar-refractivity contribution >= 4 is 6.03 Å². The van der Waals surface area contributed by atoms with Crippen LogP contribution in [-0.2, 0) is 0 Å². The predicted molar refractivity (Wildman–Crippen MR) is 75.7 cm³/mol. The lowest BCUT2D eigenvalue weighted by atomic mass is 9.84. The third-order valence-corrected chi connectivity index (χ3v) is 4.75. The van der Waals surface area contributed by atoms with Gasteiger partial charge in [0.25, 0.3) is 0 Å². The van der Waals surface area contributed by atoms with Crippen LogP contribution in [0.1, 0.15) is 38.3 Å². The van der Waals surface area contributed by atoms with Gasteiger partial charge in [-0.25, -0.2) is 9.78 Å². The van der Waals surface area contributed by atoms with Crippen molar-refractivity contribution in [2.24, 2.45) is 0 Å². The van der Waals surface area contributed by atoms with Crippen molar-refractivity contribution in [3.05, 3.63) is 11.6 Å². The number of hydrogen-bond acceptors (Lipinski definition) is 4. The van der Waals surface area contributed by atoms with Crippen molar-refractivity contribution in [3.63, 3.8) is 0 Å². The van der Waals surface area contributed by atoms with Crippen LogP contribution in [0.4, 0.5) is 4.79 Å². The van der Waals surface area contributed by atoms with Gasteiger partial charge in [0, 0.05) is 25.7 Å². The summed E-state index contributed by atoms with van der Waals surface area (Å²) < 4.78 is 1.45. The van der Waals surface area contributed by atoms with Gasteiger partial charge in [0.15, 0.2) is 0 Å². The number of likely N-dealkylation sites (tertiary alicyclic amines) is 2. The van der Waals surface area contributed by atoms with Crippen molar-refractivity contribution in [2.45, 2.75) is 52.1 Å². The van der Waals surface area contributed by atoms with Crippen LogP contribution in [0.5, 0.6) is 0 Å². The van der Waals surface area contributed by atoms with Crippen LogP contribution in [0.25, 0.3) is 0 Å². The summed E-state index contributed by atoms with van der Waals surface area (Å²) in [6.07, 6.45) is 2.18. The maximum absolute atomic E-state index is 12.7. The second kappa shape index (κ2) is 4.55. The van der Waals surface area contributed by atoms with Gasteiger partial charge in [-0.15, -0.1) is 5.10 Å². The molecule has 2 saturated heterocycles. The number of nitrogens with zero attached hydrogens (tertiary/aromatic N) is 5. The van der Waals surface area contributed by atoms with E-state index in [2.05, 4.69) is 28.8 Å². The summed E-state index contributed by atoms with van der Waals surface area (Å²) in [6, 6.07) is 0.530. The van der Waals surface area contributed by atoms with Crippen LogP contribution in [0, 0.1) is 13.8 Å². The van der Waals surface area contributed by atoms with E-state index in [9.17, 15) is 4.79 Å². The topological polar surface area (TPSA) is 54.3 Å². The van der Waals surface area contributed by atoms with E-state index >= 15 is 0 Å². The number of aromatic nitrogens is 3. The lowest BCUT2D eigenvalue weighted by Gasteiger charge is -2.50. The van der Waals surface area contributed by atoms with Crippen molar-refractivity contribution < 1.29 is 4.79 Å². The number of hydrogen-bond donors (Lipinski definition) is 0. The smallest absolute Gasteiger partial charge is 0.316 e. The molecule has 0 aliphatic carbocycles. The number of rotatable bonds is 1. The highest BCUT2D eigenvalue weighted by Crippen LogP contribution is 2.40. The molecule has 1 aromatic heterocycles. The first-order chi connectivity index (χ1) is 9.43. The van der Waals surface area contributed by atoms with Crippen LogP contribution in [0.15, 0.2) is 0 Å². The van der Waals surface area contributed by atoms with E-state index in [0.717, 1.165) is 32.5 Å². The minimum atomic E-state index is -0.0139. The first-order valence-electron chi connectivity index (χ1n) is 7.39. The Bertz CT molecular complexity index is 538. The van der Waals surface area contributed by atoms with Crippen LogP contribution in [-0.4, -0.2) is 61.8 Å². The lowest BCUT2D eigenvalue weighted by molar-refractivity contribution is 0.0273. The van der Waals surface area contributed by atoms with Gasteiger partial charge in [0.1, 0.15) is 11.6 Å². The molecule has 1 spiro atoms. The molecule has 0 radical (unpaired) electrons. The Balaban J connectivity index is 1.79. The summed E-state index contributed by atoms with van der Waals surface area (Å²) in [5.74, 6) is 1.33. The van der Waals surface area contributed by atoms with E-state index in [0.29, 0.717) is 17.7 Å². The molecule has 1 unspecified atom stereocenters. The van der Waals surface area contributed by atoms with E-state index in [1.165, 1.54) is 4.68 Å². The summed E-state index contributed by atoms with van der Waals surface area (Å²) in [7, 11) is 0.